The second-order valence-corrected chi connectivity index (χ2v) is 6.65. The number of likely N-dealkylation sites (tertiary alicyclic amines) is 1. The van der Waals surface area contributed by atoms with E-state index in [4.69, 9.17) is 0 Å². The molecule has 2 aliphatic carbocycles. The van der Waals surface area contributed by atoms with Crippen LogP contribution in [0.25, 0.3) is 0 Å². The molecular weight excluding hydrogens is 250 g/mol. The maximum atomic E-state index is 12.7. The highest BCUT2D eigenvalue weighted by Gasteiger charge is 2.61. The SMILES string of the molecule is O=C(C1CC12CCCc1ccccc12)N1CC[C@H](O)C1. The molecule has 1 spiro atoms. The number of carbonyl (C=O) groups excluding carboxylic acids is 1. The number of fused-ring (bicyclic) bond motifs is 2. The number of aryl methyl sites for hydroxylation is 1. The maximum absolute atomic E-state index is 12.7. The second kappa shape index (κ2) is 4.32. The number of aliphatic hydroxyl groups is 1. The van der Waals surface area contributed by atoms with Gasteiger partial charge in [-0.2, -0.15) is 0 Å². The molecule has 1 aliphatic heterocycles. The van der Waals surface area contributed by atoms with E-state index in [0.29, 0.717) is 6.54 Å². The van der Waals surface area contributed by atoms with Gasteiger partial charge in [0.25, 0.3) is 0 Å². The fourth-order valence-corrected chi connectivity index (χ4v) is 4.32. The van der Waals surface area contributed by atoms with Crippen molar-refractivity contribution in [1.82, 2.24) is 4.90 Å². The topological polar surface area (TPSA) is 40.5 Å². The third-order valence-corrected chi connectivity index (χ3v) is 5.47. The Morgan fingerprint density at radius 2 is 2.20 bits per heavy atom. The molecule has 1 aromatic carbocycles. The highest BCUT2D eigenvalue weighted by molar-refractivity contribution is 5.85. The van der Waals surface area contributed by atoms with E-state index in [9.17, 15) is 9.90 Å². The molecule has 3 atom stereocenters. The van der Waals surface area contributed by atoms with Gasteiger partial charge in [-0.05, 0) is 43.2 Å². The molecule has 1 heterocycles. The number of β-amino-alcohol motifs (C(OH)–C–C–N with tert-alkyl or cyclic N) is 1. The summed E-state index contributed by atoms with van der Waals surface area (Å²) in [6.45, 7) is 1.27. The van der Waals surface area contributed by atoms with E-state index in [1.54, 1.807) is 0 Å². The molecule has 3 nitrogen and oxygen atoms in total. The molecular formula is C17H21NO2. The minimum atomic E-state index is -0.313. The van der Waals surface area contributed by atoms with Crippen LogP contribution >= 0.6 is 0 Å². The van der Waals surface area contributed by atoms with Crippen molar-refractivity contribution in [3.05, 3.63) is 35.4 Å². The molecule has 1 amide bonds. The van der Waals surface area contributed by atoms with E-state index in [0.717, 1.165) is 32.2 Å². The maximum Gasteiger partial charge on any atom is 0.226 e. The van der Waals surface area contributed by atoms with E-state index in [1.807, 2.05) is 4.90 Å². The van der Waals surface area contributed by atoms with Gasteiger partial charge in [0.05, 0.1) is 6.10 Å². The Kier molecular flexibility index (Phi) is 2.68. The van der Waals surface area contributed by atoms with Crippen LogP contribution in [0.5, 0.6) is 0 Å². The molecule has 1 aromatic rings. The van der Waals surface area contributed by atoms with Crippen LogP contribution in [0, 0.1) is 5.92 Å². The molecule has 4 rings (SSSR count). The highest BCUT2D eigenvalue weighted by Crippen LogP contribution is 2.60. The Labute approximate surface area is 119 Å². The Bertz CT molecular complexity index is 556. The largest absolute Gasteiger partial charge is 0.391 e. The van der Waals surface area contributed by atoms with Crippen LogP contribution in [0.3, 0.4) is 0 Å². The van der Waals surface area contributed by atoms with Crippen molar-refractivity contribution in [3.63, 3.8) is 0 Å². The lowest BCUT2D eigenvalue weighted by Gasteiger charge is -2.27. The summed E-state index contributed by atoms with van der Waals surface area (Å²) < 4.78 is 0. The summed E-state index contributed by atoms with van der Waals surface area (Å²) in [5.41, 5.74) is 2.99. The van der Waals surface area contributed by atoms with Gasteiger partial charge in [0.15, 0.2) is 0 Å². The summed E-state index contributed by atoms with van der Waals surface area (Å²) in [5.74, 6) is 0.438. The molecule has 2 fully saturated rings. The summed E-state index contributed by atoms with van der Waals surface area (Å²) in [4.78, 5) is 14.5. The quantitative estimate of drug-likeness (QED) is 0.847. The predicted molar refractivity (Wildman–Crippen MR) is 76.4 cm³/mol. The lowest BCUT2D eigenvalue weighted by molar-refractivity contribution is -0.132. The van der Waals surface area contributed by atoms with Crippen molar-refractivity contribution in [2.45, 2.75) is 43.6 Å². The first-order valence-electron chi connectivity index (χ1n) is 7.76. The molecule has 3 heteroatoms. The van der Waals surface area contributed by atoms with Crippen LogP contribution in [-0.4, -0.2) is 35.1 Å². The Morgan fingerprint density at radius 3 is 3.00 bits per heavy atom. The highest BCUT2D eigenvalue weighted by atomic mass is 16.3. The van der Waals surface area contributed by atoms with E-state index in [1.165, 1.54) is 17.5 Å². The third-order valence-electron chi connectivity index (χ3n) is 5.47. The monoisotopic (exact) mass is 271 g/mol. The number of carbonyl (C=O) groups is 1. The van der Waals surface area contributed by atoms with E-state index < -0.39 is 0 Å². The van der Waals surface area contributed by atoms with Crippen molar-refractivity contribution in [2.24, 2.45) is 5.92 Å². The average Bonchev–Trinajstić information content (AvgIpc) is 3.01. The zero-order chi connectivity index (χ0) is 13.7. The Balaban J connectivity index is 1.59. The van der Waals surface area contributed by atoms with Gasteiger partial charge in [-0.25, -0.2) is 0 Å². The molecule has 20 heavy (non-hydrogen) atoms. The lowest BCUT2D eigenvalue weighted by atomic mass is 9.78. The van der Waals surface area contributed by atoms with Gasteiger partial charge in [0.2, 0.25) is 5.91 Å². The standard InChI is InChI=1S/C17H21NO2/c19-13-7-9-18(11-13)16(20)15-10-17(15)8-3-5-12-4-1-2-6-14(12)17/h1-2,4,6,13,15,19H,3,5,7-11H2/t13-,15?,17?/m0/s1. The molecule has 106 valence electrons. The molecule has 1 N–H and O–H groups in total. The number of amides is 1. The van der Waals surface area contributed by atoms with Crippen molar-refractivity contribution in [2.75, 3.05) is 13.1 Å². The molecule has 0 bridgehead atoms. The van der Waals surface area contributed by atoms with E-state index >= 15 is 0 Å². The van der Waals surface area contributed by atoms with Crippen molar-refractivity contribution in [3.8, 4) is 0 Å². The number of benzene rings is 1. The fraction of sp³-hybridized carbons (Fsp3) is 0.588. The van der Waals surface area contributed by atoms with Crippen LogP contribution in [-0.2, 0) is 16.6 Å². The van der Waals surface area contributed by atoms with Crippen LogP contribution in [0.4, 0.5) is 0 Å². The minimum absolute atomic E-state index is 0.124. The van der Waals surface area contributed by atoms with Gasteiger partial charge >= 0.3 is 0 Å². The average molecular weight is 271 g/mol. The van der Waals surface area contributed by atoms with Crippen molar-refractivity contribution in [1.29, 1.82) is 0 Å². The van der Waals surface area contributed by atoms with Gasteiger partial charge in [-0.3, -0.25) is 4.79 Å². The molecule has 0 radical (unpaired) electrons. The normalized spacial score (nSPS) is 35.1. The summed E-state index contributed by atoms with van der Waals surface area (Å²) in [6.07, 6.45) is 4.94. The predicted octanol–water partition coefficient (Wildman–Crippen LogP) is 1.87. The van der Waals surface area contributed by atoms with Crippen LogP contribution < -0.4 is 0 Å². The van der Waals surface area contributed by atoms with Crippen molar-refractivity contribution < 1.29 is 9.90 Å². The zero-order valence-corrected chi connectivity index (χ0v) is 11.7. The van der Waals surface area contributed by atoms with Crippen LogP contribution in [0.1, 0.15) is 36.8 Å². The van der Waals surface area contributed by atoms with Gasteiger partial charge < -0.3 is 10.0 Å². The summed E-state index contributed by atoms with van der Waals surface area (Å²) in [6, 6.07) is 8.65. The number of rotatable bonds is 1. The molecule has 2 unspecified atom stereocenters. The molecule has 1 saturated carbocycles. The van der Waals surface area contributed by atoms with Gasteiger partial charge in [0, 0.05) is 24.4 Å². The van der Waals surface area contributed by atoms with Crippen molar-refractivity contribution >= 4 is 5.91 Å². The summed E-state index contributed by atoms with van der Waals surface area (Å²) >= 11 is 0. The van der Waals surface area contributed by atoms with Gasteiger partial charge in [-0.15, -0.1) is 0 Å². The summed E-state index contributed by atoms with van der Waals surface area (Å²) in [7, 11) is 0. The number of nitrogens with zero attached hydrogens (tertiary/aromatic N) is 1. The van der Waals surface area contributed by atoms with Crippen LogP contribution in [0.2, 0.25) is 0 Å². The van der Waals surface area contributed by atoms with Gasteiger partial charge in [0.1, 0.15) is 0 Å². The Morgan fingerprint density at radius 1 is 1.35 bits per heavy atom. The van der Waals surface area contributed by atoms with Gasteiger partial charge in [-0.1, -0.05) is 24.3 Å². The first kappa shape index (κ1) is 12.4. The summed E-state index contributed by atoms with van der Waals surface area (Å²) in [5, 5.41) is 9.62. The first-order chi connectivity index (χ1) is 9.71. The van der Waals surface area contributed by atoms with E-state index in [-0.39, 0.29) is 23.3 Å². The smallest absolute Gasteiger partial charge is 0.226 e. The van der Waals surface area contributed by atoms with E-state index in [2.05, 4.69) is 24.3 Å². The first-order valence-corrected chi connectivity index (χ1v) is 7.76. The second-order valence-electron chi connectivity index (χ2n) is 6.65. The zero-order valence-electron chi connectivity index (χ0n) is 11.7. The molecule has 0 aromatic heterocycles. The van der Waals surface area contributed by atoms with Crippen LogP contribution in [0.15, 0.2) is 24.3 Å². The molecule has 3 aliphatic rings. The lowest BCUT2D eigenvalue weighted by Crippen LogP contribution is -2.34. The number of hydrogen-bond acceptors (Lipinski definition) is 2. The number of hydrogen-bond donors (Lipinski definition) is 1. The number of aliphatic hydroxyl groups excluding tert-OH is 1. The Hall–Kier alpha value is -1.35. The molecule has 1 saturated heterocycles. The third kappa shape index (κ3) is 1.72. The minimum Gasteiger partial charge on any atom is -0.391 e. The fourth-order valence-electron chi connectivity index (χ4n) is 4.32.